The van der Waals surface area contributed by atoms with E-state index in [-0.39, 0.29) is 37.5 Å². The number of hydrogen-bond acceptors (Lipinski definition) is 3. The van der Waals surface area contributed by atoms with Crippen LogP contribution in [0.1, 0.15) is 12.0 Å². The second-order valence-corrected chi connectivity index (χ2v) is 4.63. The molecule has 0 saturated carbocycles. The molecule has 100 valence electrons. The Kier molecular flexibility index (Phi) is 3.94. The maximum atomic E-state index is 12.1. The first kappa shape index (κ1) is 13.3. The molecule has 0 aromatic heterocycles. The van der Waals surface area contributed by atoms with Gasteiger partial charge in [-0.05, 0) is 5.56 Å². The van der Waals surface area contributed by atoms with Crippen molar-refractivity contribution >= 4 is 17.7 Å². The number of nitrogens with zero attached hydrogens (tertiary/aromatic N) is 1. The third kappa shape index (κ3) is 3.19. The highest BCUT2D eigenvalue weighted by molar-refractivity contribution is 6.04. The Labute approximate surface area is 110 Å². The number of piperidine rings is 1. The lowest BCUT2D eigenvalue weighted by Gasteiger charge is -2.28. The largest absolute Gasteiger partial charge is 0.465 e. The van der Waals surface area contributed by atoms with Gasteiger partial charge in [0.15, 0.2) is 0 Å². The van der Waals surface area contributed by atoms with E-state index in [1.807, 2.05) is 30.3 Å². The molecule has 1 aromatic rings. The number of Topliss-reactive ketones (excluding diaryl/α,β-unsaturated/α-hetero) is 2. The molecule has 1 saturated heterocycles. The van der Waals surface area contributed by atoms with Gasteiger partial charge >= 0.3 is 6.09 Å². The molecule has 2 rings (SSSR count). The summed E-state index contributed by atoms with van der Waals surface area (Å²) in [6.45, 7) is 0.170. The van der Waals surface area contributed by atoms with Gasteiger partial charge in [-0.3, -0.25) is 9.59 Å². The smallest absolute Gasteiger partial charge is 0.407 e. The average molecular weight is 261 g/mol. The Morgan fingerprint density at radius 2 is 1.95 bits per heavy atom. The Balaban J connectivity index is 2.04. The van der Waals surface area contributed by atoms with Crippen molar-refractivity contribution in [3.05, 3.63) is 35.9 Å². The van der Waals surface area contributed by atoms with E-state index in [1.54, 1.807) is 0 Å². The van der Waals surface area contributed by atoms with Gasteiger partial charge in [0.1, 0.15) is 11.6 Å². The third-order valence-electron chi connectivity index (χ3n) is 3.30. The van der Waals surface area contributed by atoms with E-state index in [9.17, 15) is 14.4 Å². The zero-order valence-corrected chi connectivity index (χ0v) is 10.4. The minimum absolute atomic E-state index is 0.0141. The monoisotopic (exact) mass is 261 g/mol. The minimum atomic E-state index is -1.08. The molecule has 0 aliphatic carbocycles. The molecule has 1 aliphatic rings. The molecule has 1 fully saturated rings. The third-order valence-corrected chi connectivity index (χ3v) is 3.30. The Morgan fingerprint density at radius 1 is 1.26 bits per heavy atom. The van der Waals surface area contributed by atoms with Gasteiger partial charge in [-0.1, -0.05) is 30.3 Å². The maximum Gasteiger partial charge on any atom is 0.407 e. The van der Waals surface area contributed by atoms with Crippen molar-refractivity contribution < 1.29 is 19.5 Å². The first-order chi connectivity index (χ1) is 9.08. The molecule has 1 amide bonds. The first-order valence-corrected chi connectivity index (χ1v) is 6.15. The van der Waals surface area contributed by atoms with Gasteiger partial charge in [0.2, 0.25) is 0 Å². The van der Waals surface area contributed by atoms with Gasteiger partial charge in [0, 0.05) is 25.9 Å². The number of benzene rings is 1. The average Bonchev–Trinajstić information content (AvgIpc) is 2.40. The van der Waals surface area contributed by atoms with Crippen LogP contribution in [0, 0.1) is 5.92 Å². The van der Waals surface area contributed by atoms with E-state index < -0.39 is 12.0 Å². The molecular formula is C14H15NO4. The molecule has 1 aromatic carbocycles. The first-order valence-electron chi connectivity index (χ1n) is 6.15. The summed E-state index contributed by atoms with van der Waals surface area (Å²) in [6.07, 6.45) is -0.785. The van der Waals surface area contributed by atoms with Crippen molar-refractivity contribution in [2.45, 2.75) is 12.8 Å². The molecule has 5 heteroatoms. The summed E-state index contributed by atoms with van der Waals surface area (Å²) in [7, 11) is 0. The lowest BCUT2D eigenvalue weighted by molar-refractivity contribution is -0.135. The fourth-order valence-electron chi connectivity index (χ4n) is 2.21. The number of carbonyl (C=O) groups excluding carboxylic acids is 2. The van der Waals surface area contributed by atoms with Crippen molar-refractivity contribution in [2.24, 2.45) is 5.92 Å². The Bertz CT molecular complexity index is 497. The number of likely N-dealkylation sites (tertiary alicyclic amines) is 1. The molecule has 5 nitrogen and oxygen atoms in total. The summed E-state index contributed by atoms with van der Waals surface area (Å²) in [6, 6.07) is 9.15. The normalized spacial score (nSPS) is 19.3. The fourth-order valence-corrected chi connectivity index (χ4v) is 2.21. The molecule has 1 aliphatic heterocycles. The van der Waals surface area contributed by atoms with E-state index in [2.05, 4.69) is 0 Å². The highest BCUT2D eigenvalue weighted by atomic mass is 16.4. The van der Waals surface area contributed by atoms with E-state index >= 15 is 0 Å². The number of ketones is 2. The Morgan fingerprint density at radius 3 is 2.58 bits per heavy atom. The van der Waals surface area contributed by atoms with Gasteiger partial charge in [-0.2, -0.15) is 0 Å². The van der Waals surface area contributed by atoms with Crippen LogP contribution in [-0.4, -0.2) is 40.8 Å². The van der Waals surface area contributed by atoms with Gasteiger partial charge in [-0.25, -0.2) is 4.79 Å². The Hall–Kier alpha value is -2.17. The van der Waals surface area contributed by atoms with Crippen LogP contribution in [-0.2, 0) is 16.0 Å². The molecular weight excluding hydrogens is 246 g/mol. The molecule has 0 bridgehead atoms. The SMILES string of the molecule is O=C1CCN(C(=O)O)CC1C(=O)Cc1ccccc1. The highest BCUT2D eigenvalue weighted by Crippen LogP contribution is 2.16. The molecule has 19 heavy (non-hydrogen) atoms. The van der Waals surface area contributed by atoms with Crippen LogP contribution < -0.4 is 0 Å². The zero-order chi connectivity index (χ0) is 13.8. The van der Waals surface area contributed by atoms with E-state index in [0.29, 0.717) is 0 Å². The summed E-state index contributed by atoms with van der Waals surface area (Å²) in [4.78, 5) is 35.9. The molecule has 1 heterocycles. The van der Waals surface area contributed by atoms with Crippen LogP contribution >= 0.6 is 0 Å². The minimum Gasteiger partial charge on any atom is -0.465 e. The molecule has 0 radical (unpaired) electrons. The summed E-state index contributed by atoms with van der Waals surface area (Å²) < 4.78 is 0. The van der Waals surface area contributed by atoms with Gasteiger partial charge < -0.3 is 10.0 Å². The molecule has 1 unspecified atom stereocenters. The highest BCUT2D eigenvalue weighted by Gasteiger charge is 2.34. The van der Waals surface area contributed by atoms with Crippen LogP contribution in [0.5, 0.6) is 0 Å². The molecule has 1 atom stereocenters. The van der Waals surface area contributed by atoms with Crippen LogP contribution in [0.4, 0.5) is 4.79 Å². The van der Waals surface area contributed by atoms with Crippen molar-refractivity contribution in [3.63, 3.8) is 0 Å². The van der Waals surface area contributed by atoms with Crippen LogP contribution in [0.25, 0.3) is 0 Å². The number of amides is 1. The lowest BCUT2D eigenvalue weighted by atomic mass is 9.89. The summed E-state index contributed by atoms with van der Waals surface area (Å²) >= 11 is 0. The summed E-state index contributed by atoms with van der Waals surface area (Å²) in [5.41, 5.74) is 0.841. The summed E-state index contributed by atoms with van der Waals surface area (Å²) in [5, 5.41) is 8.92. The van der Waals surface area contributed by atoms with Crippen LogP contribution in [0.2, 0.25) is 0 Å². The standard InChI is InChI=1S/C14H15NO4/c16-12-6-7-15(14(18)19)9-11(12)13(17)8-10-4-2-1-3-5-10/h1-5,11H,6-9H2,(H,18,19). The molecule has 0 spiro atoms. The second kappa shape index (κ2) is 5.65. The zero-order valence-electron chi connectivity index (χ0n) is 10.4. The van der Waals surface area contributed by atoms with E-state index in [0.717, 1.165) is 10.5 Å². The van der Waals surface area contributed by atoms with Crippen molar-refractivity contribution in [1.29, 1.82) is 0 Å². The van der Waals surface area contributed by atoms with Gasteiger partial charge in [-0.15, -0.1) is 0 Å². The number of carboxylic acid groups (broad SMARTS) is 1. The van der Waals surface area contributed by atoms with Crippen molar-refractivity contribution in [2.75, 3.05) is 13.1 Å². The lowest BCUT2D eigenvalue weighted by Crippen LogP contribution is -2.46. The number of rotatable bonds is 3. The van der Waals surface area contributed by atoms with Crippen molar-refractivity contribution in [3.8, 4) is 0 Å². The van der Waals surface area contributed by atoms with Crippen molar-refractivity contribution in [1.82, 2.24) is 4.90 Å². The van der Waals surface area contributed by atoms with E-state index in [4.69, 9.17) is 5.11 Å². The van der Waals surface area contributed by atoms with E-state index in [1.165, 1.54) is 0 Å². The second-order valence-electron chi connectivity index (χ2n) is 4.63. The van der Waals surface area contributed by atoms with Crippen LogP contribution in [0.3, 0.4) is 0 Å². The maximum absolute atomic E-state index is 12.1. The predicted molar refractivity (Wildman–Crippen MR) is 67.9 cm³/mol. The molecule has 1 N–H and O–H groups in total. The van der Waals surface area contributed by atoms with Gasteiger partial charge in [0.05, 0.1) is 5.92 Å². The quantitative estimate of drug-likeness (QED) is 0.834. The predicted octanol–water partition coefficient (Wildman–Crippen LogP) is 1.37. The van der Waals surface area contributed by atoms with Crippen LogP contribution in [0.15, 0.2) is 30.3 Å². The summed E-state index contributed by atoms with van der Waals surface area (Å²) in [5.74, 6) is -1.18. The number of carbonyl (C=O) groups is 3. The topological polar surface area (TPSA) is 74.7 Å². The number of hydrogen-bond donors (Lipinski definition) is 1. The fraction of sp³-hybridized carbons (Fsp3) is 0.357. The van der Waals surface area contributed by atoms with Gasteiger partial charge in [0.25, 0.3) is 0 Å².